The number of carbonyl (C=O) groups is 1. The van der Waals surface area contributed by atoms with Crippen molar-refractivity contribution in [2.75, 3.05) is 6.61 Å². The normalized spacial score (nSPS) is 17.1. The highest BCUT2D eigenvalue weighted by Gasteiger charge is 2.41. The molecule has 0 saturated carbocycles. The van der Waals surface area contributed by atoms with Crippen LogP contribution in [0.15, 0.2) is 36.4 Å². The Bertz CT molecular complexity index is 1060. The summed E-state index contributed by atoms with van der Waals surface area (Å²) in [5.41, 5.74) is 2.50. The molecule has 0 bridgehead atoms. The van der Waals surface area contributed by atoms with Crippen molar-refractivity contribution in [3.63, 3.8) is 0 Å². The molecule has 1 atom stereocenters. The van der Waals surface area contributed by atoms with Gasteiger partial charge < -0.3 is 13.6 Å². The predicted octanol–water partition coefficient (Wildman–Crippen LogP) is 8.12. The Morgan fingerprint density at radius 2 is 1.35 bits per heavy atom. The smallest absolute Gasteiger partial charge is 0.250 e. The second-order valence-corrected chi connectivity index (χ2v) is 22.0. The Kier molecular flexibility index (Phi) is 6.92. The van der Waals surface area contributed by atoms with Crippen LogP contribution in [0.2, 0.25) is 36.3 Å². The third kappa shape index (κ3) is 5.13. The van der Waals surface area contributed by atoms with Crippen LogP contribution in [0.4, 0.5) is 0 Å². The molecule has 1 aliphatic heterocycles. The lowest BCUT2D eigenvalue weighted by Crippen LogP contribution is -2.44. The van der Waals surface area contributed by atoms with E-state index in [2.05, 4.69) is 67.7 Å². The Hall–Kier alpha value is -2.06. The lowest BCUT2D eigenvalue weighted by Gasteiger charge is -2.37. The van der Waals surface area contributed by atoms with Crippen molar-refractivity contribution in [2.45, 2.75) is 90.6 Å². The Morgan fingerprint density at radius 1 is 0.824 bits per heavy atom. The molecule has 0 saturated heterocycles. The molecule has 0 fully saturated rings. The van der Waals surface area contributed by atoms with E-state index < -0.39 is 16.6 Å². The molecular formula is C28H42O4Si2. The molecule has 0 aromatic heterocycles. The van der Waals surface area contributed by atoms with Gasteiger partial charge in [-0.25, -0.2) is 0 Å². The number of hydrogen-bond donors (Lipinski definition) is 0. The van der Waals surface area contributed by atoms with Crippen LogP contribution in [0, 0.1) is 6.92 Å². The van der Waals surface area contributed by atoms with Crippen molar-refractivity contribution in [3.8, 4) is 17.2 Å². The van der Waals surface area contributed by atoms with Crippen LogP contribution in [-0.4, -0.2) is 29.0 Å². The molecule has 0 spiro atoms. The number of ether oxygens (including phenoxy) is 1. The first kappa shape index (κ1) is 26.5. The van der Waals surface area contributed by atoms with E-state index in [0.717, 1.165) is 22.6 Å². The van der Waals surface area contributed by atoms with E-state index in [1.54, 1.807) is 0 Å². The molecule has 6 heteroatoms. The number of rotatable bonds is 5. The van der Waals surface area contributed by atoms with E-state index in [0.29, 0.717) is 17.9 Å². The fourth-order valence-corrected chi connectivity index (χ4v) is 5.59. The molecule has 1 heterocycles. The highest BCUT2D eigenvalue weighted by molar-refractivity contribution is 6.75. The summed E-state index contributed by atoms with van der Waals surface area (Å²) in [4.78, 5) is 13.4. The maximum absolute atomic E-state index is 13.4. The maximum Gasteiger partial charge on any atom is 0.250 e. The van der Waals surface area contributed by atoms with Crippen molar-refractivity contribution >= 4 is 22.4 Å². The molecule has 0 aliphatic carbocycles. The summed E-state index contributed by atoms with van der Waals surface area (Å²) >= 11 is 0. The van der Waals surface area contributed by atoms with E-state index in [4.69, 9.17) is 13.6 Å². The molecule has 1 aliphatic rings. The van der Waals surface area contributed by atoms with Crippen LogP contribution in [0.1, 0.15) is 68.9 Å². The van der Waals surface area contributed by atoms with Crippen molar-refractivity contribution in [1.29, 1.82) is 0 Å². The lowest BCUT2D eigenvalue weighted by molar-refractivity contribution is 0.0895. The minimum atomic E-state index is -1.99. The first-order chi connectivity index (χ1) is 15.4. The third-order valence-electron chi connectivity index (χ3n) is 7.97. The van der Waals surface area contributed by atoms with Gasteiger partial charge in [-0.1, -0.05) is 53.7 Å². The fraction of sp³-hybridized carbons (Fsp3) is 0.536. The van der Waals surface area contributed by atoms with Gasteiger partial charge in [0.2, 0.25) is 16.6 Å². The van der Waals surface area contributed by atoms with Gasteiger partial charge in [0, 0.05) is 5.56 Å². The SMILES string of the molecule is Cc1c(O[Si](C)(C)C(C)(C)C)ccc2c1OCC(c1ccc(O[Si](C)(C)C(C)(C)C)cc1)C2=O. The number of ketones is 1. The quantitative estimate of drug-likeness (QED) is 0.390. The van der Waals surface area contributed by atoms with Gasteiger partial charge in [-0.2, -0.15) is 0 Å². The molecule has 2 aromatic carbocycles. The highest BCUT2D eigenvalue weighted by atomic mass is 28.4. The first-order valence-electron chi connectivity index (χ1n) is 12.2. The summed E-state index contributed by atoms with van der Waals surface area (Å²) in [6.07, 6.45) is 0. The zero-order chi connectivity index (χ0) is 25.7. The first-order valence-corrected chi connectivity index (χ1v) is 18.0. The summed E-state index contributed by atoms with van der Waals surface area (Å²) < 4.78 is 19.1. The summed E-state index contributed by atoms with van der Waals surface area (Å²) in [5.74, 6) is 2.13. The van der Waals surface area contributed by atoms with Crippen molar-refractivity contribution < 1.29 is 18.4 Å². The van der Waals surface area contributed by atoms with Crippen LogP contribution in [0.25, 0.3) is 0 Å². The second-order valence-electron chi connectivity index (χ2n) is 12.6. The van der Waals surface area contributed by atoms with Gasteiger partial charge in [-0.05, 0) is 73.0 Å². The summed E-state index contributed by atoms with van der Waals surface area (Å²) in [6.45, 7) is 24.6. The second kappa shape index (κ2) is 8.87. The van der Waals surface area contributed by atoms with E-state index in [9.17, 15) is 4.79 Å². The molecule has 0 radical (unpaired) electrons. The molecule has 186 valence electrons. The Morgan fingerprint density at radius 3 is 1.88 bits per heavy atom. The third-order valence-corrected chi connectivity index (χ3v) is 16.7. The molecule has 4 nitrogen and oxygen atoms in total. The Balaban J connectivity index is 1.82. The minimum absolute atomic E-state index is 0.0948. The molecule has 2 aromatic rings. The van der Waals surface area contributed by atoms with Gasteiger partial charge in [0.05, 0.1) is 11.5 Å². The summed E-state index contributed by atoms with van der Waals surface area (Å²) in [6, 6.07) is 11.8. The predicted molar refractivity (Wildman–Crippen MR) is 146 cm³/mol. The number of fused-ring (bicyclic) bond motifs is 1. The molecular weight excluding hydrogens is 456 g/mol. The minimum Gasteiger partial charge on any atom is -0.544 e. The number of benzene rings is 2. The van der Waals surface area contributed by atoms with Crippen LogP contribution in [0.3, 0.4) is 0 Å². The molecule has 34 heavy (non-hydrogen) atoms. The van der Waals surface area contributed by atoms with Crippen molar-refractivity contribution in [3.05, 3.63) is 53.1 Å². The van der Waals surface area contributed by atoms with Gasteiger partial charge in [0.15, 0.2) is 5.78 Å². The van der Waals surface area contributed by atoms with Crippen LogP contribution < -0.4 is 13.6 Å². The number of hydrogen-bond acceptors (Lipinski definition) is 4. The van der Waals surface area contributed by atoms with Gasteiger partial charge in [-0.3, -0.25) is 4.79 Å². The molecule has 0 amide bonds. The van der Waals surface area contributed by atoms with Gasteiger partial charge in [-0.15, -0.1) is 0 Å². The summed E-state index contributed by atoms with van der Waals surface area (Å²) in [7, 11) is -3.89. The number of carbonyl (C=O) groups excluding carboxylic acids is 1. The zero-order valence-electron chi connectivity index (χ0n) is 22.9. The monoisotopic (exact) mass is 498 g/mol. The summed E-state index contributed by atoms with van der Waals surface area (Å²) in [5, 5.41) is 0.227. The van der Waals surface area contributed by atoms with E-state index in [-0.39, 0.29) is 21.8 Å². The highest BCUT2D eigenvalue weighted by Crippen LogP contribution is 2.43. The van der Waals surface area contributed by atoms with Gasteiger partial charge in [0.1, 0.15) is 23.9 Å². The van der Waals surface area contributed by atoms with E-state index in [1.165, 1.54) is 0 Å². The average molecular weight is 499 g/mol. The van der Waals surface area contributed by atoms with Crippen LogP contribution in [0.5, 0.6) is 17.2 Å². The van der Waals surface area contributed by atoms with Crippen molar-refractivity contribution in [1.82, 2.24) is 0 Å². The topological polar surface area (TPSA) is 44.8 Å². The standard InChI is InChI=1S/C28H42O4Si2/c1-19-24(32-34(10,11)28(5,6)7)17-16-22-25(29)23(18-30-26(19)22)20-12-14-21(15-13-20)31-33(8,9)27(2,3)4/h12-17,23H,18H2,1-11H3. The largest absolute Gasteiger partial charge is 0.544 e. The fourth-order valence-electron chi connectivity index (χ4n) is 3.49. The molecule has 1 unspecified atom stereocenters. The van der Waals surface area contributed by atoms with Crippen LogP contribution >= 0.6 is 0 Å². The maximum atomic E-state index is 13.4. The van der Waals surface area contributed by atoms with Gasteiger partial charge in [0.25, 0.3) is 0 Å². The van der Waals surface area contributed by atoms with Crippen molar-refractivity contribution in [2.24, 2.45) is 0 Å². The zero-order valence-corrected chi connectivity index (χ0v) is 24.9. The van der Waals surface area contributed by atoms with Crippen LogP contribution in [-0.2, 0) is 0 Å². The molecule has 3 rings (SSSR count). The van der Waals surface area contributed by atoms with E-state index >= 15 is 0 Å². The lowest BCUT2D eigenvalue weighted by atomic mass is 9.88. The molecule has 0 N–H and O–H groups in total. The Labute approximate surface area is 208 Å². The van der Waals surface area contributed by atoms with E-state index in [1.807, 2.05) is 43.3 Å². The number of Topliss-reactive ketones (excluding diaryl/α,β-unsaturated/α-hetero) is 1. The van der Waals surface area contributed by atoms with Gasteiger partial charge >= 0.3 is 0 Å². The average Bonchev–Trinajstić information content (AvgIpc) is 2.69.